The highest BCUT2D eigenvalue weighted by molar-refractivity contribution is 5.92. The highest BCUT2D eigenvalue weighted by atomic mass is 16.5. The molecule has 0 saturated carbocycles. The first-order chi connectivity index (χ1) is 9.10. The van der Waals surface area contributed by atoms with Gasteiger partial charge in [-0.2, -0.15) is 5.26 Å². The zero-order valence-electron chi connectivity index (χ0n) is 11.8. The van der Waals surface area contributed by atoms with Crippen LogP contribution in [0.15, 0.2) is 18.2 Å². The Bertz CT molecular complexity index is 635. The van der Waals surface area contributed by atoms with Crippen LogP contribution < -0.4 is 10.1 Å². The lowest BCUT2D eigenvalue weighted by molar-refractivity contribution is 0.419. The van der Waals surface area contributed by atoms with Gasteiger partial charge in [0, 0.05) is 30.6 Å². The first-order valence-corrected chi connectivity index (χ1v) is 6.37. The predicted molar refractivity (Wildman–Crippen MR) is 76.2 cm³/mol. The lowest BCUT2D eigenvalue weighted by atomic mass is 10.1. The Morgan fingerprint density at radius 3 is 2.74 bits per heavy atom. The van der Waals surface area contributed by atoms with E-state index in [1.807, 2.05) is 29.8 Å². The third-order valence-electron chi connectivity index (χ3n) is 3.30. The van der Waals surface area contributed by atoms with Crippen LogP contribution in [0.1, 0.15) is 25.1 Å². The van der Waals surface area contributed by atoms with E-state index in [1.165, 1.54) is 0 Å². The van der Waals surface area contributed by atoms with Crippen LogP contribution >= 0.6 is 0 Å². The number of nitrogens with zero attached hydrogens (tertiary/aromatic N) is 2. The Hall–Kier alpha value is -1.99. The highest BCUT2D eigenvalue weighted by Gasteiger charge is 2.18. The summed E-state index contributed by atoms with van der Waals surface area (Å²) >= 11 is 0. The summed E-state index contributed by atoms with van der Waals surface area (Å²) in [6.07, 6.45) is 0. The fourth-order valence-corrected chi connectivity index (χ4v) is 2.33. The molecule has 19 heavy (non-hydrogen) atoms. The molecule has 2 aromatic rings. The van der Waals surface area contributed by atoms with E-state index in [4.69, 9.17) is 4.74 Å². The number of benzene rings is 1. The second-order valence-electron chi connectivity index (χ2n) is 4.89. The number of aromatic nitrogens is 1. The highest BCUT2D eigenvalue weighted by Crippen LogP contribution is 2.32. The van der Waals surface area contributed by atoms with E-state index in [0.29, 0.717) is 18.3 Å². The summed E-state index contributed by atoms with van der Waals surface area (Å²) < 4.78 is 7.36. The van der Waals surface area contributed by atoms with Gasteiger partial charge >= 0.3 is 0 Å². The lowest BCUT2D eigenvalue weighted by Crippen LogP contribution is -2.22. The summed E-state index contributed by atoms with van der Waals surface area (Å²) in [7, 11) is 3.58. The lowest BCUT2D eigenvalue weighted by Gasteiger charge is -2.09. The second-order valence-corrected chi connectivity index (χ2v) is 4.89. The third-order valence-corrected chi connectivity index (χ3v) is 3.30. The van der Waals surface area contributed by atoms with Crippen LogP contribution in [0.25, 0.3) is 10.9 Å². The fraction of sp³-hybridized carbons (Fsp3) is 0.400. The van der Waals surface area contributed by atoms with Gasteiger partial charge in [0.15, 0.2) is 0 Å². The van der Waals surface area contributed by atoms with Gasteiger partial charge in [-0.1, -0.05) is 19.9 Å². The molecule has 0 bridgehead atoms. The van der Waals surface area contributed by atoms with Crippen molar-refractivity contribution in [3.63, 3.8) is 0 Å². The van der Waals surface area contributed by atoms with Gasteiger partial charge in [0.1, 0.15) is 17.5 Å². The van der Waals surface area contributed by atoms with Crippen LogP contribution in [0.3, 0.4) is 0 Å². The van der Waals surface area contributed by atoms with Crippen molar-refractivity contribution in [2.24, 2.45) is 7.05 Å². The van der Waals surface area contributed by atoms with E-state index in [-0.39, 0.29) is 0 Å². The summed E-state index contributed by atoms with van der Waals surface area (Å²) in [6.45, 7) is 4.85. The molecule has 1 aromatic carbocycles. The molecule has 0 radical (unpaired) electrons. The number of fused-ring (bicyclic) bond motifs is 1. The maximum atomic E-state index is 9.39. The van der Waals surface area contributed by atoms with E-state index in [2.05, 4.69) is 25.2 Å². The normalized spacial score (nSPS) is 10.9. The first kappa shape index (κ1) is 13.4. The molecule has 0 fully saturated rings. The zero-order valence-corrected chi connectivity index (χ0v) is 11.8. The Morgan fingerprint density at radius 1 is 1.42 bits per heavy atom. The van der Waals surface area contributed by atoms with E-state index < -0.39 is 0 Å². The topological polar surface area (TPSA) is 50.0 Å². The minimum atomic E-state index is 0.372. The number of nitriles is 1. The number of aryl methyl sites for hydroxylation is 1. The molecule has 0 unspecified atom stereocenters. The molecule has 4 heteroatoms. The second kappa shape index (κ2) is 5.33. The predicted octanol–water partition coefficient (Wildman–Crippen LogP) is 2.56. The molecular formula is C15H19N3O. The molecule has 1 heterocycles. The largest absolute Gasteiger partial charge is 0.496 e. The van der Waals surface area contributed by atoms with Gasteiger partial charge in [0.2, 0.25) is 0 Å². The van der Waals surface area contributed by atoms with Crippen LogP contribution in [0.4, 0.5) is 0 Å². The quantitative estimate of drug-likeness (QED) is 0.915. The average molecular weight is 257 g/mol. The molecule has 4 nitrogen and oxygen atoms in total. The molecule has 0 saturated heterocycles. The summed E-state index contributed by atoms with van der Waals surface area (Å²) in [4.78, 5) is 0. The van der Waals surface area contributed by atoms with Gasteiger partial charge in [-0.05, 0) is 12.1 Å². The monoisotopic (exact) mass is 257 g/mol. The fourth-order valence-electron chi connectivity index (χ4n) is 2.33. The van der Waals surface area contributed by atoms with E-state index >= 15 is 0 Å². The molecule has 1 aromatic heterocycles. The Morgan fingerprint density at radius 2 is 2.16 bits per heavy atom. The van der Waals surface area contributed by atoms with Crippen LogP contribution in [0, 0.1) is 11.3 Å². The minimum Gasteiger partial charge on any atom is -0.496 e. The van der Waals surface area contributed by atoms with Crippen molar-refractivity contribution >= 4 is 10.9 Å². The van der Waals surface area contributed by atoms with Gasteiger partial charge in [-0.25, -0.2) is 0 Å². The average Bonchev–Trinajstić information content (AvgIpc) is 2.68. The van der Waals surface area contributed by atoms with Crippen molar-refractivity contribution in [1.82, 2.24) is 9.88 Å². The number of methoxy groups -OCH3 is 1. The van der Waals surface area contributed by atoms with Crippen molar-refractivity contribution in [3.8, 4) is 11.8 Å². The van der Waals surface area contributed by atoms with Gasteiger partial charge in [-0.3, -0.25) is 0 Å². The molecule has 0 atom stereocenters. The molecule has 1 N–H and O–H groups in total. The summed E-state index contributed by atoms with van der Waals surface area (Å²) in [5, 5.41) is 13.8. The van der Waals surface area contributed by atoms with Crippen molar-refractivity contribution < 1.29 is 4.74 Å². The molecule has 0 amide bonds. The maximum Gasteiger partial charge on any atom is 0.128 e. The summed E-state index contributed by atoms with van der Waals surface area (Å²) in [5.41, 5.74) is 2.72. The first-order valence-electron chi connectivity index (χ1n) is 6.37. The maximum absolute atomic E-state index is 9.39. The van der Waals surface area contributed by atoms with E-state index in [1.54, 1.807) is 7.11 Å². The zero-order chi connectivity index (χ0) is 14.0. The number of rotatable bonds is 4. The van der Waals surface area contributed by atoms with Gasteiger partial charge in [-0.15, -0.1) is 0 Å². The Kier molecular flexibility index (Phi) is 3.77. The van der Waals surface area contributed by atoms with Crippen LogP contribution in [0.2, 0.25) is 0 Å². The molecule has 0 aliphatic carbocycles. The van der Waals surface area contributed by atoms with Gasteiger partial charge in [0.25, 0.3) is 0 Å². The van der Waals surface area contributed by atoms with E-state index in [9.17, 15) is 5.26 Å². The molecular weight excluding hydrogens is 238 g/mol. The van der Waals surface area contributed by atoms with Crippen LogP contribution in [-0.4, -0.2) is 17.7 Å². The molecule has 0 aliphatic heterocycles. The van der Waals surface area contributed by atoms with Crippen LogP contribution in [0.5, 0.6) is 5.75 Å². The third kappa shape index (κ3) is 2.29. The van der Waals surface area contributed by atoms with Crippen molar-refractivity contribution in [1.29, 1.82) is 5.26 Å². The van der Waals surface area contributed by atoms with Crippen molar-refractivity contribution in [2.45, 2.75) is 26.4 Å². The molecule has 0 aliphatic rings. The number of ether oxygens (including phenoxy) is 1. The van der Waals surface area contributed by atoms with Crippen molar-refractivity contribution in [3.05, 3.63) is 29.5 Å². The molecule has 0 spiro atoms. The standard InChI is InChI=1S/C15H19N3O/c1-10(2)17-9-11-13(8-16)18(3)12-6-5-7-14(19-4)15(11)12/h5-7,10,17H,9H2,1-4H3. The Balaban J connectivity index is 2.67. The number of nitrogens with one attached hydrogen (secondary N) is 1. The number of hydrogen-bond donors (Lipinski definition) is 1. The molecule has 2 rings (SSSR count). The Labute approximate surface area is 113 Å². The minimum absolute atomic E-state index is 0.372. The van der Waals surface area contributed by atoms with E-state index in [0.717, 1.165) is 22.2 Å². The smallest absolute Gasteiger partial charge is 0.128 e. The number of hydrogen-bond acceptors (Lipinski definition) is 3. The van der Waals surface area contributed by atoms with Crippen molar-refractivity contribution in [2.75, 3.05) is 7.11 Å². The molecule has 100 valence electrons. The summed E-state index contributed by atoms with van der Waals surface area (Å²) in [6, 6.07) is 8.56. The SMILES string of the molecule is COc1cccc2c1c(CNC(C)C)c(C#N)n2C. The van der Waals surface area contributed by atoms with Crippen LogP contribution in [-0.2, 0) is 13.6 Å². The van der Waals surface area contributed by atoms with Gasteiger partial charge < -0.3 is 14.6 Å². The van der Waals surface area contributed by atoms with Gasteiger partial charge in [0.05, 0.1) is 12.6 Å². The summed E-state index contributed by atoms with van der Waals surface area (Å²) in [5.74, 6) is 0.815.